The quantitative estimate of drug-likeness (QED) is 0.631. The lowest BCUT2D eigenvalue weighted by Crippen LogP contribution is -2.12. The molecule has 0 fully saturated rings. The van der Waals surface area contributed by atoms with Gasteiger partial charge in [-0.15, -0.1) is 11.3 Å². The van der Waals surface area contributed by atoms with E-state index in [1.165, 1.54) is 29.0 Å². The number of nitrogens with zero attached hydrogens (tertiary/aromatic N) is 1. The molecule has 6 heteroatoms. The number of aryl methyl sites for hydroxylation is 3. The Morgan fingerprint density at radius 3 is 2.48 bits per heavy atom. The van der Waals surface area contributed by atoms with E-state index in [1.54, 1.807) is 0 Å². The third-order valence-corrected chi connectivity index (χ3v) is 4.90. The number of benzene rings is 2. The largest absolute Gasteiger partial charge is 0.298 e. The van der Waals surface area contributed by atoms with Crippen molar-refractivity contribution >= 4 is 34.0 Å². The minimum atomic E-state index is -0.483. The highest BCUT2D eigenvalue weighted by Gasteiger charge is 2.15. The highest BCUT2D eigenvalue weighted by Crippen LogP contribution is 2.31. The number of hydrogen-bond acceptors (Lipinski definition) is 3. The molecular weight excluding hydrogens is 359 g/mol. The summed E-state index contributed by atoms with van der Waals surface area (Å²) in [5, 5.41) is 5.17. The lowest BCUT2D eigenvalue weighted by molar-refractivity contribution is 0.102. The van der Waals surface area contributed by atoms with Crippen LogP contribution in [-0.4, -0.2) is 10.9 Å². The number of amides is 1. The highest BCUT2D eigenvalue weighted by atomic mass is 35.5. The summed E-state index contributed by atoms with van der Waals surface area (Å²) in [6.45, 7) is 6.15. The maximum Gasteiger partial charge on any atom is 0.258 e. The fourth-order valence-corrected chi connectivity index (χ4v) is 3.82. The van der Waals surface area contributed by atoms with E-state index < -0.39 is 11.7 Å². The van der Waals surface area contributed by atoms with Crippen LogP contribution in [0.25, 0.3) is 11.3 Å². The Kier molecular flexibility index (Phi) is 4.88. The molecule has 0 spiro atoms. The van der Waals surface area contributed by atoms with E-state index in [0.717, 1.165) is 28.5 Å². The van der Waals surface area contributed by atoms with Crippen LogP contribution in [0.1, 0.15) is 27.0 Å². The molecule has 0 saturated carbocycles. The molecule has 0 bridgehead atoms. The lowest BCUT2D eigenvalue weighted by Gasteiger charge is -2.09. The summed E-state index contributed by atoms with van der Waals surface area (Å²) >= 11 is 7.27. The van der Waals surface area contributed by atoms with Crippen LogP contribution in [0.15, 0.2) is 35.7 Å². The molecule has 0 radical (unpaired) electrons. The average molecular weight is 375 g/mol. The molecule has 3 nitrogen and oxygen atoms in total. The first kappa shape index (κ1) is 17.6. The van der Waals surface area contributed by atoms with E-state index in [0.29, 0.717) is 5.13 Å². The van der Waals surface area contributed by atoms with E-state index in [2.05, 4.69) is 29.4 Å². The third-order valence-electron chi connectivity index (χ3n) is 3.83. The molecule has 0 saturated heterocycles. The topological polar surface area (TPSA) is 42.0 Å². The Bertz CT molecular complexity index is 945. The third kappa shape index (κ3) is 3.72. The first-order valence-corrected chi connectivity index (χ1v) is 8.91. The van der Waals surface area contributed by atoms with Crippen molar-refractivity contribution in [2.75, 3.05) is 5.32 Å². The summed E-state index contributed by atoms with van der Waals surface area (Å²) in [6.07, 6.45) is 0. The minimum Gasteiger partial charge on any atom is -0.298 e. The maximum absolute atomic E-state index is 13.1. The van der Waals surface area contributed by atoms with Crippen LogP contribution < -0.4 is 5.32 Å². The zero-order valence-corrected chi connectivity index (χ0v) is 15.6. The number of carbonyl (C=O) groups excluding carboxylic acids is 1. The molecule has 3 aromatic rings. The zero-order chi connectivity index (χ0) is 18.1. The van der Waals surface area contributed by atoms with Crippen LogP contribution in [0.5, 0.6) is 0 Å². The monoisotopic (exact) mass is 374 g/mol. The second kappa shape index (κ2) is 6.94. The van der Waals surface area contributed by atoms with Gasteiger partial charge in [-0.1, -0.05) is 29.3 Å². The molecule has 128 valence electrons. The summed E-state index contributed by atoms with van der Waals surface area (Å²) in [6, 6.07) is 7.89. The standard InChI is InChI=1S/C19H16ClFN2OS/c1-10-6-11(2)17(12(3)7-10)16-9-25-19(22-16)23-18(24)14-5-4-13(21)8-15(14)20/h4-9H,1-3H3,(H,22,23,24). The zero-order valence-electron chi connectivity index (χ0n) is 14.0. The summed E-state index contributed by atoms with van der Waals surface area (Å²) in [5.74, 6) is -0.897. The van der Waals surface area contributed by atoms with Gasteiger partial charge in [0.25, 0.3) is 5.91 Å². The van der Waals surface area contributed by atoms with Crippen molar-refractivity contribution in [2.45, 2.75) is 20.8 Å². The van der Waals surface area contributed by atoms with Gasteiger partial charge in [0.15, 0.2) is 5.13 Å². The minimum absolute atomic E-state index is 0.0690. The Morgan fingerprint density at radius 2 is 1.84 bits per heavy atom. The number of hydrogen-bond donors (Lipinski definition) is 1. The van der Waals surface area contributed by atoms with Gasteiger partial charge >= 0.3 is 0 Å². The number of aromatic nitrogens is 1. The molecular formula is C19H16ClFN2OS. The fraction of sp³-hybridized carbons (Fsp3) is 0.158. The first-order valence-electron chi connectivity index (χ1n) is 7.65. The number of anilines is 1. The average Bonchev–Trinajstić information content (AvgIpc) is 2.94. The van der Waals surface area contributed by atoms with Gasteiger partial charge in [-0.2, -0.15) is 0 Å². The molecule has 0 aliphatic carbocycles. The maximum atomic E-state index is 13.1. The number of rotatable bonds is 3. The van der Waals surface area contributed by atoms with Gasteiger partial charge in [0.1, 0.15) is 5.82 Å². The van der Waals surface area contributed by atoms with Crippen molar-refractivity contribution in [3.8, 4) is 11.3 Å². The van der Waals surface area contributed by atoms with E-state index >= 15 is 0 Å². The SMILES string of the molecule is Cc1cc(C)c(-c2csc(NC(=O)c3ccc(F)cc3Cl)n2)c(C)c1. The van der Waals surface area contributed by atoms with Crippen molar-refractivity contribution in [3.63, 3.8) is 0 Å². The number of halogens is 2. The van der Waals surface area contributed by atoms with Crippen LogP contribution in [0.3, 0.4) is 0 Å². The van der Waals surface area contributed by atoms with Crippen molar-refractivity contribution in [3.05, 3.63) is 68.8 Å². The second-order valence-corrected chi connectivity index (χ2v) is 7.16. The van der Waals surface area contributed by atoms with Gasteiger partial charge in [-0.3, -0.25) is 10.1 Å². The Balaban J connectivity index is 1.86. The number of carbonyl (C=O) groups is 1. The molecule has 1 N–H and O–H groups in total. The van der Waals surface area contributed by atoms with Gasteiger partial charge in [0.05, 0.1) is 16.3 Å². The van der Waals surface area contributed by atoms with Crippen LogP contribution >= 0.6 is 22.9 Å². The van der Waals surface area contributed by atoms with Crippen LogP contribution in [0.2, 0.25) is 5.02 Å². The van der Waals surface area contributed by atoms with Gasteiger partial charge in [0.2, 0.25) is 0 Å². The predicted molar refractivity (Wildman–Crippen MR) is 101 cm³/mol. The smallest absolute Gasteiger partial charge is 0.258 e. The fourth-order valence-electron chi connectivity index (χ4n) is 2.87. The molecule has 3 rings (SSSR count). The van der Waals surface area contributed by atoms with Crippen LogP contribution in [0.4, 0.5) is 9.52 Å². The Hall–Kier alpha value is -2.24. The van der Waals surface area contributed by atoms with E-state index in [-0.39, 0.29) is 10.6 Å². The van der Waals surface area contributed by atoms with Crippen molar-refractivity contribution in [1.29, 1.82) is 0 Å². The number of thiazole rings is 1. The van der Waals surface area contributed by atoms with E-state index in [1.807, 2.05) is 19.2 Å². The van der Waals surface area contributed by atoms with Crippen LogP contribution in [0, 0.1) is 26.6 Å². The van der Waals surface area contributed by atoms with Crippen molar-refractivity contribution in [1.82, 2.24) is 4.98 Å². The summed E-state index contributed by atoms with van der Waals surface area (Å²) in [4.78, 5) is 16.8. The Morgan fingerprint density at radius 1 is 1.16 bits per heavy atom. The Labute approximate surface area is 154 Å². The molecule has 0 unspecified atom stereocenters. The molecule has 0 atom stereocenters. The summed E-state index contributed by atoms with van der Waals surface area (Å²) < 4.78 is 13.1. The molecule has 0 aliphatic rings. The van der Waals surface area contributed by atoms with Gasteiger partial charge in [-0.25, -0.2) is 9.37 Å². The van der Waals surface area contributed by atoms with Crippen LogP contribution in [-0.2, 0) is 0 Å². The molecule has 1 aromatic heterocycles. The van der Waals surface area contributed by atoms with Gasteiger partial charge in [-0.05, 0) is 50.1 Å². The van der Waals surface area contributed by atoms with Gasteiger partial charge in [0, 0.05) is 10.9 Å². The molecule has 2 aromatic carbocycles. The van der Waals surface area contributed by atoms with E-state index in [9.17, 15) is 9.18 Å². The molecule has 0 aliphatic heterocycles. The van der Waals surface area contributed by atoms with Crippen molar-refractivity contribution in [2.24, 2.45) is 0 Å². The molecule has 25 heavy (non-hydrogen) atoms. The number of nitrogens with one attached hydrogen (secondary N) is 1. The predicted octanol–water partition coefficient (Wildman–Crippen LogP) is 5.78. The van der Waals surface area contributed by atoms with E-state index in [4.69, 9.17) is 11.6 Å². The molecule has 1 amide bonds. The highest BCUT2D eigenvalue weighted by molar-refractivity contribution is 7.14. The summed E-state index contributed by atoms with van der Waals surface area (Å²) in [7, 11) is 0. The van der Waals surface area contributed by atoms with Crippen molar-refractivity contribution < 1.29 is 9.18 Å². The van der Waals surface area contributed by atoms with Gasteiger partial charge < -0.3 is 0 Å². The first-order chi connectivity index (χ1) is 11.8. The second-order valence-electron chi connectivity index (χ2n) is 5.89. The molecule has 1 heterocycles. The normalized spacial score (nSPS) is 10.8. The lowest BCUT2D eigenvalue weighted by atomic mass is 9.98. The summed E-state index contributed by atoms with van der Waals surface area (Å²) in [5.41, 5.74) is 5.59.